The Hall–Kier alpha value is -1.96. The zero-order valence-electron chi connectivity index (χ0n) is 18.0. The fourth-order valence-corrected chi connectivity index (χ4v) is 6.12. The number of carbonyl (C=O) groups excluding carboxylic acids is 1. The Morgan fingerprint density at radius 3 is 2.35 bits per heavy atom. The third kappa shape index (κ3) is 5.45. The van der Waals surface area contributed by atoms with Crippen molar-refractivity contribution < 1.29 is 13.2 Å². The van der Waals surface area contributed by atoms with Gasteiger partial charge in [-0.15, -0.1) is 0 Å². The molecule has 0 aliphatic carbocycles. The van der Waals surface area contributed by atoms with E-state index >= 15 is 0 Å². The van der Waals surface area contributed by atoms with Crippen molar-refractivity contribution in [1.29, 1.82) is 0 Å². The lowest BCUT2D eigenvalue weighted by Crippen LogP contribution is -2.44. The number of aromatic nitrogens is 1. The zero-order chi connectivity index (χ0) is 22.4. The second-order valence-corrected chi connectivity index (χ2v) is 10.2. The summed E-state index contributed by atoms with van der Waals surface area (Å²) >= 11 is 6.00. The maximum atomic E-state index is 13.1. The molecular formula is C23H30ClN3O3S. The van der Waals surface area contributed by atoms with Crippen molar-refractivity contribution >= 4 is 27.5 Å². The van der Waals surface area contributed by atoms with E-state index in [1.807, 2.05) is 18.2 Å². The molecule has 1 unspecified atom stereocenters. The van der Waals surface area contributed by atoms with Crippen molar-refractivity contribution in [2.45, 2.75) is 50.5 Å². The van der Waals surface area contributed by atoms with Gasteiger partial charge in [-0.2, -0.15) is 4.31 Å². The van der Waals surface area contributed by atoms with Crippen LogP contribution in [0.4, 0.5) is 0 Å². The number of piperidine rings is 1. The van der Waals surface area contributed by atoms with Crippen molar-refractivity contribution in [2.75, 3.05) is 13.1 Å². The minimum atomic E-state index is -3.72. The van der Waals surface area contributed by atoms with E-state index in [0.29, 0.717) is 18.8 Å². The van der Waals surface area contributed by atoms with Crippen LogP contribution >= 0.6 is 11.6 Å². The molecule has 3 rings (SSSR count). The van der Waals surface area contributed by atoms with Gasteiger partial charge in [-0.05, 0) is 36.5 Å². The second-order valence-electron chi connectivity index (χ2n) is 7.94. The van der Waals surface area contributed by atoms with Gasteiger partial charge in [-0.25, -0.2) is 13.4 Å². The van der Waals surface area contributed by atoms with Crippen LogP contribution in [0, 0.1) is 11.8 Å². The smallest absolute Gasteiger partial charge is 0.246 e. The molecule has 1 amide bonds. The van der Waals surface area contributed by atoms with Gasteiger partial charge in [-0.1, -0.05) is 68.6 Å². The zero-order valence-corrected chi connectivity index (χ0v) is 19.6. The standard InChI is InChI=1S/C23H30ClN3O3S/c1-3-17(4-2)21(18-9-6-5-7-10-18)26-23(28)19-12-15-27(16-13-19)31(29,30)20-11-8-14-25-22(20)24/h5-11,14,17,19,21H,3-4,12-13,15-16H2,1-2H3,(H,26,28). The first-order chi connectivity index (χ1) is 14.9. The third-order valence-electron chi connectivity index (χ3n) is 6.14. The fourth-order valence-electron chi connectivity index (χ4n) is 4.23. The van der Waals surface area contributed by atoms with E-state index in [1.165, 1.54) is 16.6 Å². The van der Waals surface area contributed by atoms with Crippen LogP contribution in [0.5, 0.6) is 0 Å². The van der Waals surface area contributed by atoms with Gasteiger partial charge >= 0.3 is 0 Å². The van der Waals surface area contributed by atoms with Crippen LogP contribution in [-0.2, 0) is 14.8 Å². The molecule has 2 aromatic rings. The first-order valence-electron chi connectivity index (χ1n) is 10.8. The van der Waals surface area contributed by atoms with Crippen LogP contribution in [-0.4, -0.2) is 36.7 Å². The number of hydrogen-bond acceptors (Lipinski definition) is 4. The van der Waals surface area contributed by atoms with Crippen molar-refractivity contribution in [3.8, 4) is 0 Å². The average Bonchev–Trinajstić information content (AvgIpc) is 2.80. The maximum Gasteiger partial charge on any atom is 0.246 e. The number of halogens is 1. The number of nitrogens with zero attached hydrogens (tertiary/aromatic N) is 2. The van der Waals surface area contributed by atoms with E-state index < -0.39 is 10.0 Å². The van der Waals surface area contributed by atoms with Crippen molar-refractivity contribution in [1.82, 2.24) is 14.6 Å². The van der Waals surface area contributed by atoms with E-state index in [0.717, 1.165) is 18.4 Å². The average molecular weight is 464 g/mol. The number of benzene rings is 1. The molecular weight excluding hydrogens is 434 g/mol. The van der Waals surface area contributed by atoms with Crippen LogP contribution in [0.25, 0.3) is 0 Å². The molecule has 0 spiro atoms. The molecule has 1 aliphatic rings. The summed E-state index contributed by atoms with van der Waals surface area (Å²) in [4.78, 5) is 17.0. The van der Waals surface area contributed by atoms with Gasteiger partial charge in [0.05, 0.1) is 6.04 Å². The Kier molecular flexibility index (Phi) is 8.08. The van der Waals surface area contributed by atoms with Gasteiger partial charge in [0.15, 0.2) is 0 Å². The number of sulfonamides is 1. The minimum Gasteiger partial charge on any atom is -0.349 e. The van der Waals surface area contributed by atoms with Gasteiger partial charge in [0.1, 0.15) is 10.0 Å². The molecule has 0 bridgehead atoms. The van der Waals surface area contributed by atoms with Gasteiger partial charge in [0.2, 0.25) is 15.9 Å². The number of rotatable bonds is 8. The summed E-state index contributed by atoms with van der Waals surface area (Å²) in [6, 6.07) is 13.0. The predicted octanol–water partition coefficient (Wildman–Crippen LogP) is 4.43. The van der Waals surface area contributed by atoms with Crippen molar-refractivity contribution in [2.24, 2.45) is 11.8 Å². The molecule has 2 heterocycles. The van der Waals surface area contributed by atoms with Crippen LogP contribution < -0.4 is 5.32 Å². The van der Waals surface area contributed by atoms with E-state index in [4.69, 9.17) is 11.6 Å². The Morgan fingerprint density at radius 1 is 1.13 bits per heavy atom. The molecule has 1 aliphatic heterocycles. The largest absolute Gasteiger partial charge is 0.349 e. The molecule has 1 aromatic heterocycles. The monoisotopic (exact) mass is 463 g/mol. The summed E-state index contributed by atoms with van der Waals surface area (Å²) in [7, 11) is -3.72. The number of amides is 1. The fraction of sp³-hybridized carbons (Fsp3) is 0.478. The lowest BCUT2D eigenvalue weighted by Gasteiger charge is -2.33. The quantitative estimate of drug-likeness (QED) is 0.587. The highest BCUT2D eigenvalue weighted by Crippen LogP contribution is 2.30. The highest BCUT2D eigenvalue weighted by atomic mass is 35.5. The molecule has 168 valence electrons. The lowest BCUT2D eigenvalue weighted by molar-refractivity contribution is -0.127. The summed E-state index contributed by atoms with van der Waals surface area (Å²) in [5.74, 6) is 0.133. The minimum absolute atomic E-state index is 0.00258. The van der Waals surface area contributed by atoms with Gasteiger partial charge in [0.25, 0.3) is 0 Å². The normalized spacial score (nSPS) is 16.9. The SMILES string of the molecule is CCC(CC)C(NC(=O)C1CCN(S(=O)(=O)c2cccnc2Cl)CC1)c1ccccc1. The van der Waals surface area contributed by atoms with Crippen molar-refractivity contribution in [3.63, 3.8) is 0 Å². The predicted molar refractivity (Wildman–Crippen MR) is 122 cm³/mol. The highest BCUT2D eigenvalue weighted by molar-refractivity contribution is 7.89. The van der Waals surface area contributed by atoms with E-state index in [9.17, 15) is 13.2 Å². The Morgan fingerprint density at radius 2 is 1.77 bits per heavy atom. The third-order valence-corrected chi connectivity index (χ3v) is 8.49. The molecule has 8 heteroatoms. The summed E-state index contributed by atoms with van der Waals surface area (Å²) in [6.45, 7) is 4.85. The van der Waals surface area contributed by atoms with E-state index in [1.54, 1.807) is 6.07 Å². The van der Waals surface area contributed by atoms with Crippen LogP contribution in [0.1, 0.15) is 51.1 Å². The molecule has 31 heavy (non-hydrogen) atoms. The van der Waals surface area contributed by atoms with E-state index in [2.05, 4.69) is 36.3 Å². The van der Waals surface area contributed by atoms with Gasteiger partial charge in [-0.3, -0.25) is 4.79 Å². The summed E-state index contributed by atoms with van der Waals surface area (Å²) in [5.41, 5.74) is 1.11. The molecule has 1 atom stereocenters. The van der Waals surface area contributed by atoms with Crippen LogP contribution in [0.15, 0.2) is 53.6 Å². The molecule has 1 aromatic carbocycles. The molecule has 1 fully saturated rings. The number of carbonyl (C=O) groups is 1. The van der Waals surface area contributed by atoms with Crippen molar-refractivity contribution in [3.05, 3.63) is 59.4 Å². The lowest BCUT2D eigenvalue weighted by atomic mass is 9.87. The Labute approximate surface area is 190 Å². The highest BCUT2D eigenvalue weighted by Gasteiger charge is 2.34. The summed E-state index contributed by atoms with van der Waals surface area (Å²) in [5, 5.41) is 3.23. The van der Waals surface area contributed by atoms with Gasteiger partial charge < -0.3 is 5.32 Å². The first kappa shape index (κ1) is 23.7. The number of pyridine rings is 1. The number of hydrogen-bond donors (Lipinski definition) is 1. The van der Waals surface area contributed by atoms with E-state index in [-0.39, 0.29) is 41.0 Å². The summed E-state index contributed by atoms with van der Waals surface area (Å²) in [6.07, 6.45) is 4.36. The summed E-state index contributed by atoms with van der Waals surface area (Å²) < 4.78 is 27.2. The molecule has 1 saturated heterocycles. The Bertz CT molecular complexity index is 973. The second kappa shape index (κ2) is 10.6. The number of nitrogens with one attached hydrogen (secondary N) is 1. The molecule has 0 saturated carbocycles. The Balaban J connectivity index is 1.67. The maximum absolute atomic E-state index is 13.1. The topological polar surface area (TPSA) is 79.4 Å². The molecule has 1 N–H and O–H groups in total. The van der Waals surface area contributed by atoms with Crippen LogP contribution in [0.3, 0.4) is 0 Å². The molecule has 6 nitrogen and oxygen atoms in total. The molecule has 0 radical (unpaired) electrons. The van der Waals surface area contributed by atoms with Crippen LogP contribution in [0.2, 0.25) is 5.15 Å². The first-order valence-corrected chi connectivity index (χ1v) is 12.7. The van der Waals surface area contributed by atoms with Gasteiger partial charge in [0, 0.05) is 25.2 Å².